The molecule has 1 aliphatic heterocycles. The number of rotatable bonds is 7. The van der Waals surface area contributed by atoms with Crippen molar-refractivity contribution < 1.29 is 13.9 Å². The Morgan fingerprint density at radius 3 is 2.88 bits per heavy atom. The number of hydrogen-bond donors (Lipinski definition) is 1. The molecule has 0 radical (unpaired) electrons. The van der Waals surface area contributed by atoms with E-state index in [1.54, 1.807) is 6.33 Å². The summed E-state index contributed by atoms with van der Waals surface area (Å²) in [6, 6.07) is 15.8. The van der Waals surface area contributed by atoms with Gasteiger partial charge in [-0.15, -0.1) is 0 Å². The Morgan fingerprint density at radius 2 is 2.03 bits per heavy atom. The van der Waals surface area contributed by atoms with Crippen LogP contribution >= 0.6 is 0 Å². The van der Waals surface area contributed by atoms with Gasteiger partial charge >= 0.3 is 0 Å². The zero-order valence-corrected chi connectivity index (χ0v) is 18.8. The summed E-state index contributed by atoms with van der Waals surface area (Å²) in [5.41, 5.74) is 3.35. The van der Waals surface area contributed by atoms with Gasteiger partial charge in [0.05, 0.1) is 12.5 Å². The summed E-state index contributed by atoms with van der Waals surface area (Å²) in [4.78, 5) is 24.1. The average molecular weight is 445 g/mol. The van der Waals surface area contributed by atoms with Crippen LogP contribution in [0.5, 0.6) is 5.75 Å². The number of benzene rings is 2. The van der Waals surface area contributed by atoms with E-state index in [1.165, 1.54) is 0 Å². The van der Waals surface area contributed by atoms with Crippen LogP contribution in [0.25, 0.3) is 22.1 Å². The number of anilines is 1. The van der Waals surface area contributed by atoms with Crippen LogP contribution in [0.15, 0.2) is 59.3 Å². The van der Waals surface area contributed by atoms with E-state index in [9.17, 15) is 4.79 Å². The van der Waals surface area contributed by atoms with Gasteiger partial charge in [0, 0.05) is 25.0 Å². The Balaban J connectivity index is 1.26. The van der Waals surface area contributed by atoms with Crippen LogP contribution in [-0.2, 0) is 11.3 Å². The molecule has 4 aromatic rings. The number of ether oxygens (including phenoxy) is 1. The van der Waals surface area contributed by atoms with E-state index < -0.39 is 0 Å². The standard InChI is InChI=1S/C26H28N4O3/c1-2-14-32-20-11-9-18(10-12-20)15-27-26(31)19-6-5-13-30(16-19)25-24-23(28-17-29-25)21-7-3-4-8-22(21)33-24/h3-4,7-12,17,19H,2,5-6,13-16H2,1H3,(H,27,31). The molecule has 7 nitrogen and oxygen atoms in total. The molecule has 7 heteroatoms. The molecule has 0 aliphatic carbocycles. The molecule has 1 aliphatic rings. The zero-order valence-electron chi connectivity index (χ0n) is 18.8. The van der Waals surface area contributed by atoms with Gasteiger partial charge < -0.3 is 19.4 Å². The van der Waals surface area contributed by atoms with Crippen LogP contribution in [0.4, 0.5) is 5.82 Å². The summed E-state index contributed by atoms with van der Waals surface area (Å²) >= 11 is 0. The molecular weight excluding hydrogens is 416 g/mol. The molecule has 1 saturated heterocycles. The number of carbonyl (C=O) groups is 1. The number of hydrogen-bond acceptors (Lipinski definition) is 6. The minimum atomic E-state index is -0.0969. The van der Waals surface area contributed by atoms with E-state index in [-0.39, 0.29) is 11.8 Å². The number of nitrogens with one attached hydrogen (secondary N) is 1. The van der Waals surface area contributed by atoms with Gasteiger partial charge in [0.1, 0.15) is 23.2 Å². The first-order valence-corrected chi connectivity index (χ1v) is 11.6. The van der Waals surface area contributed by atoms with Crippen LogP contribution in [-0.4, -0.2) is 35.6 Å². The maximum absolute atomic E-state index is 12.9. The Hall–Kier alpha value is -3.61. The number of aromatic nitrogens is 2. The second-order valence-corrected chi connectivity index (χ2v) is 8.47. The molecule has 170 valence electrons. The molecule has 33 heavy (non-hydrogen) atoms. The summed E-state index contributed by atoms with van der Waals surface area (Å²) in [7, 11) is 0. The second kappa shape index (κ2) is 9.48. The van der Waals surface area contributed by atoms with Crippen LogP contribution in [0.3, 0.4) is 0 Å². The fourth-order valence-electron chi connectivity index (χ4n) is 4.38. The Kier molecular flexibility index (Phi) is 6.11. The van der Waals surface area contributed by atoms with Crippen molar-refractivity contribution in [1.29, 1.82) is 0 Å². The van der Waals surface area contributed by atoms with Crippen molar-refractivity contribution in [3.05, 3.63) is 60.4 Å². The van der Waals surface area contributed by atoms with Gasteiger partial charge in [-0.25, -0.2) is 9.97 Å². The first-order valence-electron chi connectivity index (χ1n) is 11.6. The quantitative estimate of drug-likeness (QED) is 0.445. The Bertz CT molecular complexity index is 1250. The highest BCUT2D eigenvalue weighted by atomic mass is 16.5. The van der Waals surface area contributed by atoms with Crippen molar-refractivity contribution >= 4 is 33.8 Å². The predicted octanol–water partition coefficient (Wildman–Crippen LogP) is 4.70. The van der Waals surface area contributed by atoms with E-state index in [0.717, 1.165) is 59.4 Å². The van der Waals surface area contributed by atoms with Crippen molar-refractivity contribution in [2.24, 2.45) is 5.92 Å². The van der Waals surface area contributed by atoms with Crippen molar-refractivity contribution in [2.45, 2.75) is 32.7 Å². The number of para-hydroxylation sites is 1. The fraction of sp³-hybridized carbons (Fsp3) is 0.346. The summed E-state index contributed by atoms with van der Waals surface area (Å²) in [6.07, 6.45) is 4.35. The molecule has 1 amide bonds. The molecule has 0 bridgehead atoms. The van der Waals surface area contributed by atoms with E-state index in [1.807, 2.05) is 48.5 Å². The first kappa shape index (κ1) is 21.2. The molecule has 0 spiro atoms. The van der Waals surface area contributed by atoms with Crippen molar-refractivity contribution in [3.63, 3.8) is 0 Å². The van der Waals surface area contributed by atoms with Gasteiger partial charge in [-0.3, -0.25) is 4.79 Å². The lowest BCUT2D eigenvalue weighted by molar-refractivity contribution is -0.125. The van der Waals surface area contributed by atoms with Crippen molar-refractivity contribution in [2.75, 3.05) is 24.6 Å². The molecule has 1 atom stereocenters. The summed E-state index contributed by atoms with van der Waals surface area (Å²) in [5.74, 6) is 1.59. The minimum Gasteiger partial charge on any atom is -0.494 e. The first-order chi connectivity index (χ1) is 16.2. The number of carbonyl (C=O) groups excluding carboxylic acids is 1. The fourth-order valence-corrected chi connectivity index (χ4v) is 4.38. The molecule has 5 rings (SSSR count). The number of nitrogens with zero attached hydrogens (tertiary/aromatic N) is 3. The highest BCUT2D eigenvalue weighted by molar-refractivity contribution is 6.05. The molecule has 2 aromatic carbocycles. The van der Waals surface area contributed by atoms with Gasteiger partial charge in [-0.1, -0.05) is 31.2 Å². The third kappa shape index (κ3) is 4.49. The number of amides is 1. The Morgan fingerprint density at radius 1 is 1.18 bits per heavy atom. The van der Waals surface area contributed by atoms with Crippen molar-refractivity contribution in [3.8, 4) is 5.75 Å². The predicted molar refractivity (Wildman–Crippen MR) is 128 cm³/mol. The summed E-state index contributed by atoms with van der Waals surface area (Å²) in [6.45, 7) is 4.75. The van der Waals surface area contributed by atoms with E-state index in [2.05, 4.69) is 27.1 Å². The number of fused-ring (bicyclic) bond motifs is 3. The van der Waals surface area contributed by atoms with Crippen LogP contribution in [0.1, 0.15) is 31.7 Å². The van der Waals surface area contributed by atoms with Gasteiger partial charge in [0.2, 0.25) is 5.91 Å². The van der Waals surface area contributed by atoms with Crippen LogP contribution < -0.4 is 15.0 Å². The molecule has 1 unspecified atom stereocenters. The summed E-state index contributed by atoms with van der Waals surface area (Å²) in [5, 5.41) is 4.08. The second-order valence-electron chi connectivity index (χ2n) is 8.47. The maximum Gasteiger partial charge on any atom is 0.225 e. The molecule has 3 heterocycles. The van der Waals surface area contributed by atoms with Crippen molar-refractivity contribution in [1.82, 2.24) is 15.3 Å². The normalized spacial score (nSPS) is 16.3. The van der Waals surface area contributed by atoms with Gasteiger partial charge in [0.15, 0.2) is 11.4 Å². The van der Waals surface area contributed by atoms with E-state index in [4.69, 9.17) is 9.15 Å². The monoisotopic (exact) mass is 444 g/mol. The van der Waals surface area contributed by atoms with E-state index in [0.29, 0.717) is 25.3 Å². The molecule has 1 fully saturated rings. The maximum atomic E-state index is 12.9. The lowest BCUT2D eigenvalue weighted by Gasteiger charge is -2.32. The molecule has 2 aromatic heterocycles. The highest BCUT2D eigenvalue weighted by Crippen LogP contribution is 2.33. The number of piperidine rings is 1. The minimum absolute atomic E-state index is 0.0703. The summed E-state index contributed by atoms with van der Waals surface area (Å²) < 4.78 is 11.7. The molecule has 0 saturated carbocycles. The van der Waals surface area contributed by atoms with Crippen LogP contribution in [0, 0.1) is 5.92 Å². The Labute approximate surface area is 192 Å². The highest BCUT2D eigenvalue weighted by Gasteiger charge is 2.28. The lowest BCUT2D eigenvalue weighted by Crippen LogP contribution is -2.43. The third-order valence-electron chi connectivity index (χ3n) is 6.09. The van der Waals surface area contributed by atoms with E-state index >= 15 is 0 Å². The molecular formula is C26H28N4O3. The largest absolute Gasteiger partial charge is 0.494 e. The average Bonchev–Trinajstić information content (AvgIpc) is 3.25. The third-order valence-corrected chi connectivity index (χ3v) is 6.09. The van der Waals surface area contributed by atoms with Gasteiger partial charge in [0.25, 0.3) is 0 Å². The zero-order chi connectivity index (χ0) is 22.6. The lowest BCUT2D eigenvalue weighted by atomic mass is 9.97. The topological polar surface area (TPSA) is 80.5 Å². The SMILES string of the molecule is CCCOc1ccc(CNC(=O)C2CCCN(c3ncnc4c3oc3ccccc34)C2)cc1. The number of furan rings is 1. The smallest absolute Gasteiger partial charge is 0.225 e. The van der Waals surface area contributed by atoms with Gasteiger partial charge in [-0.2, -0.15) is 0 Å². The van der Waals surface area contributed by atoms with Gasteiger partial charge in [-0.05, 0) is 49.1 Å². The molecule has 1 N–H and O–H groups in total. The van der Waals surface area contributed by atoms with Crippen LogP contribution in [0.2, 0.25) is 0 Å².